The highest BCUT2D eigenvalue weighted by molar-refractivity contribution is 5.36. The highest BCUT2D eigenvalue weighted by Gasteiger charge is 2.50. The van der Waals surface area contributed by atoms with E-state index >= 15 is 0 Å². The number of fused-ring (bicyclic) bond motifs is 2. The van der Waals surface area contributed by atoms with Gasteiger partial charge in [0, 0.05) is 0 Å². The van der Waals surface area contributed by atoms with Crippen molar-refractivity contribution in [3.63, 3.8) is 0 Å². The molecular formula is C23H28O. The minimum absolute atomic E-state index is 0.201. The first-order chi connectivity index (χ1) is 11.5. The Kier molecular flexibility index (Phi) is 3.71. The first kappa shape index (κ1) is 15.7. The number of benzene rings is 2. The van der Waals surface area contributed by atoms with Crippen LogP contribution < -0.4 is 0 Å². The number of hydrogen-bond acceptors (Lipinski definition) is 1. The van der Waals surface area contributed by atoms with Crippen molar-refractivity contribution in [3.8, 4) is 5.75 Å². The van der Waals surface area contributed by atoms with Gasteiger partial charge in [0.15, 0.2) is 0 Å². The second-order valence-electron chi connectivity index (χ2n) is 8.75. The molecule has 0 aromatic heterocycles. The number of rotatable bonds is 2. The zero-order chi connectivity index (χ0) is 16.8. The van der Waals surface area contributed by atoms with Crippen LogP contribution in [0.25, 0.3) is 0 Å². The molecule has 0 amide bonds. The minimum Gasteiger partial charge on any atom is -0.508 e. The summed E-state index contributed by atoms with van der Waals surface area (Å²) in [6.45, 7) is 4.88. The molecule has 126 valence electrons. The Morgan fingerprint density at radius 3 is 2.29 bits per heavy atom. The first-order valence-corrected chi connectivity index (χ1v) is 9.34. The summed E-state index contributed by atoms with van der Waals surface area (Å²) in [5.74, 6) is 1.99. The predicted octanol–water partition coefficient (Wildman–Crippen LogP) is 5.82. The molecule has 2 saturated carbocycles. The fourth-order valence-corrected chi connectivity index (χ4v) is 6.01. The summed E-state index contributed by atoms with van der Waals surface area (Å²) in [5, 5.41) is 9.66. The van der Waals surface area contributed by atoms with Gasteiger partial charge < -0.3 is 5.11 Å². The van der Waals surface area contributed by atoms with E-state index in [0.29, 0.717) is 11.2 Å². The molecule has 1 nitrogen and oxygen atoms in total. The number of phenols is 1. The van der Waals surface area contributed by atoms with Gasteiger partial charge in [-0.2, -0.15) is 0 Å². The molecule has 4 unspecified atom stereocenters. The van der Waals surface area contributed by atoms with Gasteiger partial charge in [-0.25, -0.2) is 0 Å². The summed E-state index contributed by atoms with van der Waals surface area (Å²) in [4.78, 5) is 0. The average molecular weight is 320 g/mol. The Labute approximate surface area is 145 Å². The van der Waals surface area contributed by atoms with Crippen LogP contribution in [0.15, 0.2) is 54.6 Å². The molecule has 2 bridgehead atoms. The van der Waals surface area contributed by atoms with Gasteiger partial charge >= 0.3 is 0 Å². The quantitative estimate of drug-likeness (QED) is 0.739. The second-order valence-corrected chi connectivity index (χ2v) is 8.75. The summed E-state index contributed by atoms with van der Waals surface area (Å²) in [6.07, 6.45) is 6.50. The molecule has 2 aromatic rings. The van der Waals surface area contributed by atoms with Gasteiger partial charge in [-0.05, 0) is 78.0 Å². The molecule has 0 heterocycles. The Balaban J connectivity index is 1.76. The van der Waals surface area contributed by atoms with Gasteiger partial charge in [0.1, 0.15) is 5.75 Å². The van der Waals surface area contributed by atoms with Gasteiger partial charge in [-0.1, -0.05) is 56.3 Å². The number of aromatic hydroxyl groups is 1. The molecule has 2 fully saturated rings. The SMILES string of the molecule is CC1CC2CC(C)(c3ccc(O)cc3)CC(c3ccccc3)(C1)C2. The summed E-state index contributed by atoms with van der Waals surface area (Å²) >= 11 is 0. The van der Waals surface area contributed by atoms with E-state index in [9.17, 15) is 5.11 Å². The summed E-state index contributed by atoms with van der Waals surface area (Å²) in [7, 11) is 0. The smallest absolute Gasteiger partial charge is 0.115 e. The van der Waals surface area contributed by atoms with Gasteiger partial charge in [-0.15, -0.1) is 0 Å². The highest BCUT2D eigenvalue weighted by atomic mass is 16.3. The van der Waals surface area contributed by atoms with Crippen LogP contribution in [0.2, 0.25) is 0 Å². The summed E-state index contributed by atoms with van der Waals surface area (Å²) in [5.41, 5.74) is 3.44. The summed E-state index contributed by atoms with van der Waals surface area (Å²) in [6, 6.07) is 19.2. The van der Waals surface area contributed by atoms with Crippen LogP contribution in [0.4, 0.5) is 0 Å². The second kappa shape index (κ2) is 5.65. The lowest BCUT2D eigenvalue weighted by Crippen LogP contribution is -2.48. The first-order valence-electron chi connectivity index (χ1n) is 9.34. The van der Waals surface area contributed by atoms with E-state index in [0.717, 1.165) is 11.8 Å². The van der Waals surface area contributed by atoms with Gasteiger partial charge in [0.2, 0.25) is 0 Å². The van der Waals surface area contributed by atoms with Crippen LogP contribution in [-0.2, 0) is 10.8 Å². The van der Waals surface area contributed by atoms with E-state index in [2.05, 4.69) is 56.3 Å². The van der Waals surface area contributed by atoms with Gasteiger partial charge in [0.05, 0.1) is 0 Å². The molecule has 2 aromatic carbocycles. The van der Waals surface area contributed by atoms with E-state index in [-0.39, 0.29) is 5.41 Å². The fraction of sp³-hybridized carbons (Fsp3) is 0.478. The minimum atomic E-state index is 0.201. The lowest BCUT2D eigenvalue weighted by Gasteiger charge is -2.55. The number of hydrogen-bond donors (Lipinski definition) is 1. The van der Waals surface area contributed by atoms with Crippen molar-refractivity contribution in [2.45, 2.75) is 56.8 Å². The Morgan fingerprint density at radius 2 is 1.58 bits per heavy atom. The third kappa shape index (κ3) is 2.64. The molecule has 4 atom stereocenters. The summed E-state index contributed by atoms with van der Waals surface area (Å²) < 4.78 is 0. The van der Waals surface area contributed by atoms with Gasteiger partial charge in [0.25, 0.3) is 0 Å². The lowest BCUT2D eigenvalue weighted by molar-refractivity contribution is 0.0592. The van der Waals surface area contributed by atoms with E-state index in [1.54, 1.807) is 0 Å². The third-order valence-corrected chi connectivity index (χ3v) is 6.57. The zero-order valence-electron chi connectivity index (χ0n) is 14.8. The predicted molar refractivity (Wildman–Crippen MR) is 99.3 cm³/mol. The van der Waals surface area contributed by atoms with Crippen molar-refractivity contribution >= 4 is 0 Å². The third-order valence-electron chi connectivity index (χ3n) is 6.57. The maximum Gasteiger partial charge on any atom is 0.115 e. The monoisotopic (exact) mass is 320 g/mol. The Bertz CT molecular complexity index is 701. The van der Waals surface area contributed by atoms with E-state index < -0.39 is 0 Å². The zero-order valence-corrected chi connectivity index (χ0v) is 14.8. The van der Waals surface area contributed by atoms with Crippen molar-refractivity contribution in [3.05, 3.63) is 65.7 Å². The topological polar surface area (TPSA) is 20.2 Å². The van der Waals surface area contributed by atoms with Crippen molar-refractivity contribution in [1.29, 1.82) is 0 Å². The highest BCUT2D eigenvalue weighted by Crippen LogP contribution is 2.58. The Hall–Kier alpha value is -1.76. The Morgan fingerprint density at radius 1 is 0.875 bits per heavy atom. The van der Waals surface area contributed by atoms with E-state index in [1.807, 2.05) is 12.1 Å². The standard InChI is InChI=1S/C23H28O/c1-17-12-18-14-22(2,19-8-10-21(24)11-9-19)16-23(13-17,15-18)20-6-4-3-5-7-20/h3-11,17-18,24H,12-16H2,1-2H3. The van der Waals surface area contributed by atoms with Crippen LogP contribution in [0.5, 0.6) is 5.75 Å². The molecule has 1 heteroatoms. The maximum atomic E-state index is 9.66. The van der Waals surface area contributed by atoms with Gasteiger partial charge in [-0.3, -0.25) is 0 Å². The van der Waals surface area contributed by atoms with Crippen LogP contribution >= 0.6 is 0 Å². The molecule has 0 spiro atoms. The molecular weight excluding hydrogens is 292 g/mol. The van der Waals surface area contributed by atoms with Crippen LogP contribution in [0, 0.1) is 11.8 Å². The molecule has 4 rings (SSSR count). The molecule has 0 aliphatic heterocycles. The molecule has 0 radical (unpaired) electrons. The number of phenolic OH excluding ortho intramolecular Hbond substituents is 1. The largest absolute Gasteiger partial charge is 0.508 e. The fourth-order valence-electron chi connectivity index (χ4n) is 6.01. The van der Waals surface area contributed by atoms with Crippen molar-refractivity contribution < 1.29 is 5.11 Å². The van der Waals surface area contributed by atoms with Crippen molar-refractivity contribution in [2.75, 3.05) is 0 Å². The molecule has 0 saturated heterocycles. The van der Waals surface area contributed by atoms with Crippen LogP contribution in [0.1, 0.15) is 57.1 Å². The molecule has 24 heavy (non-hydrogen) atoms. The van der Waals surface area contributed by atoms with E-state index in [1.165, 1.54) is 43.2 Å². The lowest BCUT2D eigenvalue weighted by atomic mass is 9.49. The van der Waals surface area contributed by atoms with E-state index in [4.69, 9.17) is 0 Å². The molecule has 2 aliphatic carbocycles. The van der Waals surface area contributed by atoms with Crippen LogP contribution in [-0.4, -0.2) is 5.11 Å². The van der Waals surface area contributed by atoms with Crippen molar-refractivity contribution in [2.24, 2.45) is 11.8 Å². The van der Waals surface area contributed by atoms with Crippen molar-refractivity contribution in [1.82, 2.24) is 0 Å². The molecule has 2 aliphatic rings. The molecule has 1 N–H and O–H groups in total. The maximum absolute atomic E-state index is 9.66. The normalized spacial score (nSPS) is 35.6. The van der Waals surface area contributed by atoms with Crippen LogP contribution in [0.3, 0.4) is 0 Å². The average Bonchev–Trinajstić information content (AvgIpc) is 2.55.